The summed E-state index contributed by atoms with van der Waals surface area (Å²) in [6, 6.07) is 1.91. The van der Waals surface area contributed by atoms with Crippen molar-refractivity contribution in [2.75, 3.05) is 0 Å². The van der Waals surface area contributed by atoms with Crippen molar-refractivity contribution >= 4 is 59.1 Å². The molecule has 0 heterocycles. The standard InChI is InChI=1S/C16H27NO.3CH2OS/c1-2-3-4-5-6-7-8-9-10-11-13-16(18)14-12-15-17;3*2-1-3/h2-13H2,1H3;3*1H,(H,2,3)/q+3;;;/p-3. The van der Waals surface area contributed by atoms with Crippen LogP contribution in [0.15, 0.2) is 0 Å². The Morgan fingerprint density at radius 2 is 1.19 bits per heavy atom. The third kappa shape index (κ3) is 58.8. The molecule has 0 N–H and O–H groups in total. The third-order valence-electron chi connectivity index (χ3n) is 3.12. The Kier molecular flexibility index (Phi) is 49.2. The number of nitriles is 1. The van der Waals surface area contributed by atoms with Gasteiger partial charge in [-0.1, -0.05) is 81.4 Å². The molecule has 0 bridgehead atoms. The summed E-state index contributed by atoms with van der Waals surface area (Å²) in [4.78, 5) is 11.2. The van der Waals surface area contributed by atoms with E-state index in [1.54, 1.807) is 0 Å². The number of ketones is 1. The lowest BCUT2D eigenvalue weighted by molar-refractivity contribution is -0.195. The van der Waals surface area contributed by atoms with Crippen molar-refractivity contribution < 1.29 is 20.1 Å². The summed E-state index contributed by atoms with van der Waals surface area (Å²) < 4.78 is 0. The number of hydrogen-bond donors (Lipinski definition) is 0. The van der Waals surface area contributed by atoms with E-state index in [0.29, 0.717) is 23.1 Å². The first-order chi connectivity index (χ1) is 13.1. The van der Waals surface area contributed by atoms with E-state index in [9.17, 15) is 4.79 Å². The van der Waals surface area contributed by atoms with Crippen LogP contribution >= 0.6 is 36.7 Å². The van der Waals surface area contributed by atoms with E-state index in [1.807, 2.05) is 6.07 Å². The Balaban J connectivity index is -0.000000246. The van der Waals surface area contributed by atoms with Crippen molar-refractivity contribution in [2.24, 2.45) is 0 Å². The van der Waals surface area contributed by atoms with Crippen LogP contribution in [-0.2, 0) is 4.79 Å². The minimum atomic E-state index is 0.0103. The van der Waals surface area contributed by atoms with Crippen molar-refractivity contribution in [3.63, 3.8) is 0 Å². The Hall–Kier alpha value is -1.17. The normalized spacial score (nSPS) is 8.15. The second-order valence-electron chi connectivity index (χ2n) is 5.16. The second-order valence-corrected chi connectivity index (χ2v) is 5.73. The number of thiocarbonyl (C=S) groups is 3. The van der Waals surface area contributed by atoms with Crippen molar-refractivity contribution in [1.29, 1.82) is 5.26 Å². The molecular weight excluding hydrogens is 402 g/mol. The molecule has 0 spiro atoms. The Morgan fingerprint density at radius 3 is 1.52 bits per heavy atom. The zero-order valence-electron chi connectivity index (χ0n) is 16.0. The number of carbonyl (C=O) groups is 1. The maximum absolute atomic E-state index is 11.2. The van der Waals surface area contributed by atoms with E-state index >= 15 is 0 Å². The maximum atomic E-state index is 11.2. The lowest BCUT2D eigenvalue weighted by Crippen LogP contribution is -1.97. The summed E-state index contributed by atoms with van der Waals surface area (Å²) in [5.74, 6) is 0.0103. The van der Waals surface area contributed by atoms with Crippen LogP contribution in [-0.4, -0.2) is 22.4 Å². The van der Waals surface area contributed by atoms with Crippen LogP contribution in [0.1, 0.15) is 84.0 Å². The third-order valence-corrected chi connectivity index (χ3v) is 3.12. The van der Waals surface area contributed by atoms with Gasteiger partial charge in [0.05, 0.1) is 0 Å². The van der Waals surface area contributed by atoms with E-state index in [0.717, 1.165) is 12.8 Å². The molecule has 0 aromatic rings. The number of Topliss-reactive ketones (excluding diaryl/α,β-unsaturated/α-hetero) is 1. The predicted molar refractivity (Wildman–Crippen MR) is 116 cm³/mol. The van der Waals surface area contributed by atoms with Crippen LogP contribution in [0.2, 0.25) is 0 Å². The van der Waals surface area contributed by atoms with Gasteiger partial charge in [0.25, 0.3) is 6.07 Å². The van der Waals surface area contributed by atoms with Crippen LogP contribution in [0.25, 0.3) is 0 Å². The monoisotopic (exact) mass is 432 g/mol. The minimum absolute atomic E-state index is 0.0103. The fourth-order valence-electron chi connectivity index (χ4n) is 2.00. The summed E-state index contributed by atoms with van der Waals surface area (Å²) in [6.45, 7) is 2.24. The van der Waals surface area contributed by atoms with Gasteiger partial charge in [-0.2, -0.15) is 5.26 Å². The molecule has 0 unspecified atom stereocenters. The first-order valence-electron chi connectivity index (χ1n) is 8.86. The summed E-state index contributed by atoms with van der Waals surface area (Å²) >= 11 is 11.1. The first-order valence-corrected chi connectivity index (χ1v) is 10.3. The van der Waals surface area contributed by atoms with Crippen molar-refractivity contribution in [2.45, 2.75) is 84.0 Å². The SMILES string of the molecule is CCCCCCCCCCCCC(=O)[C+3]CC#N.[O-]C=S.[O-]C=S.[O-]C=S. The molecule has 0 aliphatic carbocycles. The van der Waals surface area contributed by atoms with Gasteiger partial charge in [0.1, 0.15) is 0 Å². The molecule has 8 heteroatoms. The number of rotatable bonds is 13. The van der Waals surface area contributed by atoms with Crippen LogP contribution in [0.3, 0.4) is 0 Å². The minimum Gasteiger partial charge on any atom is -0.870 e. The fourth-order valence-corrected chi connectivity index (χ4v) is 2.00. The van der Waals surface area contributed by atoms with Gasteiger partial charge in [-0.25, -0.2) is 0 Å². The van der Waals surface area contributed by atoms with Crippen LogP contribution in [0.4, 0.5) is 0 Å². The van der Waals surface area contributed by atoms with Crippen LogP contribution < -0.4 is 15.3 Å². The average Bonchev–Trinajstić information content (AvgIpc) is 2.63. The molecule has 153 valence electrons. The van der Waals surface area contributed by atoms with E-state index < -0.39 is 0 Å². The predicted octanol–water partition coefficient (Wildman–Crippen LogP) is 2.77. The highest BCUT2D eigenvalue weighted by atomic mass is 32.1. The molecule has 0 saturated carbocycles. The molecular formula is C19H30NO4S3. The molecule has 0 aliphatic heterocycles. The number of unbranched alkanes of at least 4 members (excludes halogenated alkanes) is 9. The quantitative estimate of drug-likeness (QED) is 0.323. The maximum Gasteiger partial charge on any atom is 0.860 e. The lowest BCUT2D eigenvalue weighted by atomic mass is 10.0. The molecule has 27 heavy (non-hydrogen) atoms. The zero-order valence-corrected chi connectivity index (χ0v) is 18.5. The Morgan fingerprint density at radius 1 is 0.852 bits per heavy atom. The lowest BCUT2D eigenvalue weighted by Gasteiger charge is -2.00. The second kappa shape index (κ2) is 39.8. The molecule has 0 saturated heterocycles. The largest absolute Gasteiger partial charge is 0.870 e. The molecule has 0 rings (SSSR count). The van der Waals surface area contributed by atoms with Gasteiger partial charge in [-0.15, -0.1) is 41.4 Å². The summed E-state index contributed by atoms with van der Waals surface area (Å²) in [6.07, 6.45) is 16.0. The van der Waals surface area contributed by atoms with E-state index in [1.165, 1.54) is 51.4 Å². The van der Waals surface area contributed by atoms with Gasteiger partial charge < -0.3 is 15.3 Å². The smallest absolute Gasteiger partial charge is 0.860 e. The molecule has 0 atom stereocenters. The Labute approximate surface area is 180 Å². The van der Waals surface area contributed by atoms with Gasteiger partial charge in [0.2, 0.25) is 0 Å². The van der Waals surface area contributed by atoms with E-state index in [-0.39, 0.29) is 12.2 Å². The molecule has 5 nitrogen and oxygen atoms in total. The van der Waals surface area contributed by atoms with Gasteiger partial charge >= 0.3 is 18.6 Å². The Bertz CT molecular complexity index is 347. The molecule has 5 radical (unpaired) electrons. The number of carbonyl (C=O) groups excluding carboxylic acids is 1. The highest BCUT2D eigenvalue weighted by Gasteiger charge is 2.52. The fraction of sp³-hybridized carbons (Fsp3) is 0.684. The first kappa shape index (κ1) is 33.4. The molecule has 0 aliphatic rings. The van der Waals surface area contributed by atoms with Gasteiger partial charge in [0.15, 0.2) is 6.42 Å². The van der Waals surface area contributed by atoms with Crippen molar-refractivity contribution in [3.05, 3.63) is 6.42 Å². The summed E-state index contributed by atoms with van der Waals surface area (Å²) in [5.41, 5.74) is 1.00. The summed E-state index contributed by atoms with van der Waals surface area (Å²) in [7, 11) is 0. The highest BCUT2D eigenvalue weighted by molar-refractivity contribution is 7.78. The zero-order chi connectivity index (χ0) is 21.6. The number of hydrogen-bond acceptors (Lipinski definition) is 8. The van der Waals surface area contributed by atoms with Gasteiger partial charge in [-0.05, 0) is 6.42 Å². The van der Waals surface area contributed by atoms with Crippen LogP contribution in [0, 0.1) is 17.8 Å². The van der Waals surface area contributed by atoms with E-state index in [2.05, 4.69) is 50.0 Å². The van der Waals surface area contributed by atoms with Crippen molar-refractivity contribution in [1.82, 2.24) is 0 Å². The molecule has 0 amide bonds. The molecule has 0 fully saturated rings. The van der Waals surface area contributed by atoms with Crippen molar-refractivity contribution in [3.8, 4) is 6.07 Å². The number of nitrogens with zero attached hydrogens (tertiary/aromatic N) is 1. The van der Waals surface area contributed by atoms with Gasteiger partial charge in [-0.3, -0.25) is 0 Å². The average molecular weight is 433 g/mol. The van der Waals surface area contributed by atoms with Gasteiger partial charge in [0, 0.05) is 0 Å². The highest BCUT2D eigenvalue weighted by Crippen LogP contribution is 2.11. The van der Waals surface area contributed by atoms with E-state index in [4.69, 9.17) is 20.6 Å². The van der Waals surface area contributed by atoms with Crippen LogP contribution in [0.5, 0.6) is 0 Å². The summed E-state index contributed by atoms with van der Waals surface area (Å²) in [5, 5.41) is 34.2. The molecule has 0 aromatic heterocycles. The topological polar surface area (TPSA) is 110 Å². The molecule has 0 aromatic carbocycles.